The van der Waals surface area contributed by atoms with Crippen molar-refractivity contribution >= 4 is 51.7 Å². The predicted molar refractivity (Wildman–Crippen MR) is 106 cm³/mol. The van der Waals surface area contributed by atoms with Crippen LogP contribution in [0.5, 0.6) is 5.75 Å². The van der Waals surface area contributed by atoms with Gasteiger partial charge in [-0.2, -0.15) is 0 Å². The van der Waals surface area contributed by atoms with Crippen molar-refractivity contribution in [3.05, 3.63) is 52.5 Å². The number of ether oxygens (including phenoxy) is 1. The highest BCUT2D eigenvalue weighted by molar-refractivity contribution is 6.42. The topological polar surface area (TPSA) is 67.3 Å². The molecule has 1 aliphatic heterocycles. The van der Waals surface area contributed by atoms with Crippen LogP contribution in [0.4, 0.5) is 20.7 Å². The molecule has 1 fully saturated rings. The summed E-state index contributed by atoms with van der Waals surface area (Å²) in [4.78, 5) is 22.3. The van der Waals surface area contributed by atoms with Crippen molar-refractivity contribution in [1.82, 2.24) is 14.9 Å². The maximum atomic E-state index is 14.4. The number of amides is 1. The van der Waals surface area contributed by atoms with E-state index in [1.165, 1.54) is 18.5 Å². The van der Waals surface area contributed by atoms with Crippen LogP contribution in [0.1, 0.15) is 12.8 Å². The molecular weight excluding hydrogens is 406 g/mol. The second-order valence-corrected chi connectivity index (χ2v) is 7.10. The third-order valence-electron chi connectivity index (χ3n) is 4.46. The third-order valence-corrected chi connectivity index (χ3v) is 5.25. The molecule has 4 rings (SSSR count). The number of hydrogen-bond acceptors (Lipinski definition) is 5. The molecule has 1 aliphatic rings. The van der Waals surface area contributed by atoms with Crippen molar-refractivity contribution in [2.45, 2.75) is 12.8 Å². The van der Waals surface area contributed by atoms with E-state index >= 15 is 0 Å². The van der Waals surface area contributed by atoms with Crippen molar-refractivity contribution in [1.29, 1.82) is 0 Å². The van der Waals surface area contributed by atoms with Crippen molar-refractivity contribution in [3.8, 4) is 5.75 Å². The van der Waals surface area contributed by atoms with Crippen LogP contribution in [0.25, 0.3) is 10.9 Å². The number of carbonyl (C=O) groups is 1. The molecule has 0 aliphatic carbocycles. The Hall–Kier alpha value is -2.64. The van der Waals surface area contributed by atoms with Crippen LogP contribution in [0.15, 0.2) is 36.7 Å². The highest BCUT2D eigenvalue weighted by Crippen LogP contribution is 2.33. The Morgan fingerprint density at radius 1 is 1.14 bits per heavy atom. The Balaban J connectivity index is 1.65. The smallest absolute Gasteiger partial charge is 0.410 e. The van der Waals surface area contributed by atoms with Gasteiger partial charge in [0.2, 0.25) is 0 Å². The van der Waals surface area contributed by atoms with Gasteiger partial charge < -0.3 is 15.0 Å². The Kier molecular flexibility index (Phi) is 5.19. The number of benzene rings is 2. The molecule has 2 aromatic carbocycles. The minimum absolute atomic E-state index is 0.119. The lowest BCUT2D eigenvalue weighted by atomic mass is 10.2. The summed E-state index contributed by atoms with van der Waals surface area (Å²) in [5.74, 6) is 0.0239. The largest absolute Gasteiger partial charge is 0.415 e. The lowest BCUT2D eigenvalue weighted by Crippen LogP contribution is -2.30. The molecule has 28 heavy (non-hydrogen) atoms. The summed E-state index contributed by atoms with van der Waals surface area (Å²) in [5, 5.41) is 3.41. The first-order valence-electron chi connectivity index (χ1n) is 8.65. The van der Waals surface area contributed by atoms with Crippen LogP contribution in [0.3, 0.4) is 0 Å². The van der Waals surface area contributed by atoms with Gasteiger partial charge in [0.1, 0.15) is 17.9 Å². The fourth-order valence-corrected chi connectivity index (χ4v) is 3.32. The highest BCUT2D eigenvalue weighted by atomic mass is 35.5. The Morgan fingerprint density at radius 2 is 1.93 bits per heavy atom. The van der Waals surface area contributed by atoms with Crippen LogP contribution in [-0.2, 0) is 0 Å². The van der Waals surface area contributed by atoms with E-state index in [4.69, 9.17) is 27.9 Å². The van der Waals surface area contributed by atoms with E-state index in [-0.39, 0.29) is 15.7 Å². The normalized spacial score (nSPS) is 13.8. The quantitative estimate of drug-likeness (QED) is 0.573. The van der Waals surface area contributed by atoms with Gasteiger partial charge in [-0.15, -0.1) is 0 Å². The SMILES string of the molecule is O=C(Oc1ccc2ncnc(Nc3ccc(Cl)c(Cl)c3F)c2c1)N1CCCC1. The van der Waals surface area contributed by atoms with E-state index in [0.717, 1.165) is 12.8 Å². The minimum atomic E-state index is -0.683. The molecule has 6 nitrogen and oxygen atoms in total. The zero-order chi connectivity index (χ0) is 19.7. The van der Waals surface area contributed by atoms with E-state index in [0.29, 0.717) is 35.6 Å². The number of nitrogens with one attached hydrogen (secondary N) is 1. The number of fused-ring (bicyclic) bond motifs is 1. The highest BCUT2D eigenvalue weighted by Gasteiger charge is 2.20. The van der Waals surface area contributed by atoms with Gasteiger partial charge in [-0.1, -0.05) is 23.2 Å². The lowest BCUT2D eigenvalue weighted by Gasteiger charge is -2.15. The van der Waals surface area contributed by atoms with E-state index in [9.17, 15) is 9.18 Å². The first-order valence-corrected chi connectivity index (χ1v) is 9.40. The first-order chi connectivity index (χ1) is 13.5. The Bertz CT molecular complexity index is 1060. The molecule has 144 valence electrons. The molecule has 1 saturated heterocycles. The van der Waals surface area contributed by atoms with Gasteiger partial charge >= 0.3 is 6.09 Å². The fraction of sp³-hybridized carbons (Fsp3) is 0.211. The summed E-state index contributed by atoms with van der Waals surface area (Å²) in [6, 6.07) is 7.96. The van der Waals surface area contributed by atoms with Crippen LogP contribution >= 0.6 is 23.2 Å². The first kappa shape index (κ1) is 18.7. The summed E-state index contributed by atoms with van der Waals surface area (Å²) in [6.07, 6.45) is 2.92. The van der Waals surface area contributed by atoms with Crippen molar-refractivity contribution in [2.24, 2.45) is 0 Å². The molecule has 1 amide bonds. The Morgan fingerprint density at radius 3 is 2.71 bits per heavy atom. The van der Waals surface area contributed by atoms with E-state index in [2.05, 4.69) is 15.3 Å². The monoisotopic (exact) mass is 420 g/mol. The number of carbonyl (C=O) groups excluding carboxylic acids is 1. The summed E-state index contributed by atoms with van der Waals surface area (Å²) in [6.45, 7) is 1.39. The predicted octanol–water partition coefficient (Wildman–Crippen LogP) is 5.41. The van der Waals surface area contributed by atoms with Gasteiger partial charge in [-0.3, -0.25) is 0 Å². The van der Waals surface area contributed by atoms with Crippen LogP contribution in [-0.4, -0.2) is 34.1 Å². The van der Waals surface area contributed by atoms with Gasteiger partial charge in [0.25, 0.3) is 0 Å². The zero-order valence-corrected chi connectivity index (χ0v) is 16.1. The number of rotatable bonds is 3. The van der Waals surface area contributed by atoms with Crippen molar-refractivity contribution in [3.63, 3.8) is 0 Å². The lowest BCUT2D eigenvalue weighted by molar-refractivity contribution is 0.163. The summed E-state index contributed by atoms with van der Waals surface area (Å²) < 4.78 is 19.8. The number of anilines is 2. The number of aromatic nitrogens is 2. The molecule has 3 aromatic rings. The van der Waals surface area contributed by atoms with Gasteiger partial charge in [0.05, 0.1) is 21.2 Å². The zero-order valence-electron chi connectivity index (χ0n) is 14.6. The standard InChI is InChI=1S/C19H15Cl2FN4O2/c20-13-4-6-15(17(22)16(13)21)25-18-12-9-11(3-5-14(12)23-10-24-18)28-19(27)26-7-1-2-8-26/h3-6,9-10H,1-2,7-8H2,(H,23,24,25). The third kappa shape index (κ3) is 3.68. The average Bonchev–Trinajstić information content (AvgIpc) is 3.24. The van der Waals surface area contributed by atoms with Crippen LogP contribution in [0.2, 0.25) is 10.0 Å². The molecule has 0 bridgehead atoms. The van der Waals surface area contributed by atoms with E-state index in [1.54, 1.807) is 23.1 Å². The fourth-order valence-electron chi connectivity index (χ4n) is 3.01. The average molecular weight is 421 g/mol. The number of halogens is 3. The maximum absolute atomic E-state index is 14.4. The molecule has 9 heteroatoms. The van der Waals surface area contributed by atoms with Crippen LogP contribution < -0.4 is 10.1 Å². The number of hydrogen-bond donors (Lipinski definition) is 1. The van der Waals surface area contributed by atoms with Gasteiger partial charge in [-0.25, -0.2) is 19.2 Å². The van der Waals surface area contributed by atoms with Gasteiger partial charge in [0, 0.05) is 18.5 Å². The van der Waals surface area contributed by atoms with Gasteiger partial charge in [-0.05, 0) is 43.2 Å². The number of likely N-dealkylation sites (tertiary alicyclic amines) is 1. The second-order valence-electron chi connectivity index (χ2n) is 6.31. The maximum Gasteiger partial charge on any atom is 0.415 e. The summed E-state index contributed by atoms with van der Waals surface area (Å²) >= 11 is 11.7. The summed E-state index contributed by atoms with van der Waals surface area (Å²) in [5.41, 5.74) is 0.729. The van der Waals surface area contributed by atoms with E-state index in [1.807, 2.05) is 0 Å². The molecule has 0 atom stereocenters. The molecule has 1 aromatic heterocycles. The Labute approximate surface area is 170 Å². The molecule has 0 unspecified atom stereocenters. The summed E-state index contributed by atoms with van der Waals surface area (Å²) in [7, 11) is 0. The minimum Gasteiger partial charge on any atom is -0.410 e. The van der Waals surface area contributed by atoms with Crippen LogP contribution in [0, 0.1) is 5.82 Å². The van der Waals surface area contributed by atoms with E-state index < -0.39 is 11.9 Å². The molecule has 0 spiro atoms. The van der Waals surface area contributed by atoms with Crippen molar-refractivity contribution < 1.29 is 13.9 Å². The molecule has 1 N–H and O–H groups in total. The van der Waals surface area contributed by atoms with Crippen molar-refractivity contribution in [2.75, 3.05) is 18.4 Å². The van der Waals surface area contributed by atoms with Gasteiger partial charge in [0.15, 0.2) is 5.82 Å². The molecule has 0 radical (unpaired) electrons. The molecule has 0 saturated carbocycles. The number of nitrogens with zero attached hydrogens (tertiary/aromatic N) is 3. The molecular formula is C19H15Cl2FN4O2. The second kappa shape index (κ2) is 7.77. The molecule has 2 heterocycles.